The molecule has 2 nitrogen and oxygen atoms in total. The van der Waals surface area contributed by atoms with Gasteiger partial charge in [-0.3, -0.25) is 0 Å². The molecule has 1 aromatic carbocycles. The average molecular weight is 279 g/mol. The van der Waals surface area contributed by atoms with Crippen molar-refractivity contribution in [2.24, 2.45) is 0 Å². The van der Waals surface area contributed by atoms with Crippen LogP contribution in [0.1, 0.15) is 24.9 Å². The summed E-state index contributed by atoms with van der Waals surface area (Å²) in [6, 6.07) is 6.20. The number of rotatable bonds is 7. The Kier molecular flexibility index (Phi) is 6.24. The lowest BCUT2D eigenvalue weighted by Crippen LogP contribution is -2.23. The molecule has 0 amide bonds. The SMILES string of the molecule is CC(NCCCOCC(F)(F)F)c1ccccc1F. The van der Waals surface area contributed by atoms with Crippen molar-refractivity contribution in [1.29, 1.82) is 0 Å². The van der Waals surface area contributed by atoms with E-state index in [2.05, 4.69) is 10.1 Å². The van der Waals surface area contributed by atoms with Crippen molar-refractivity contribution >= 4 is 0 Å². The zero-order valence-electron chi connectivity index (χ0n) is 10.6. The zero-order chi connectivity index (χ0) is 14.3. The molecule has 0 aliphatic carbocycles. The summed E-state index contributed by atoms with van der Waals surface area (Å²) in [5, 5.41) is 3.04. The molecule has 0 spiro atoms. The third-order valence-electron chi connectivity index (χ3n) is 2.55. The first-order valence-corrected chi connectivity index (χ1v) is 6.02. The van der Waals surface area contributed by atoms with Crippen LogP contribution in [0.2, 0.25) is 0 Å². The Morgan fingerprint density at radius 3 is 2.58 bits per heavy atom. The molecule has 108 valence electrons. The second-order valence-corrected chi connectivity index (χ2v) is 4.22. The van der Waals surface area contributed by atoms with Crippen LogP contribution >= 0.6 is 0 Å². The molecule has 1 N–H and O–H groups in total. The first kappa shape index (κ1) is 15.9. The molecular formula is C13H17F4NO. The molecule has 1 atom stereocenters. The van der Waals surface area contributed by atoms with E-state index in [0.717, 1.165) is 0 Å². The molecular weight excluding hydrogens is 262 g/mol. The van der Waals surface area contributed by atoms with Crippen molar-refractivity contribution in [3.8, 4) is 0 Å². The van der Waals surface area contributed by atoms with Gasteiger partial charge in [0.2, 0.25) is 0 Å². The van der Waals surface area contributed by atoms with Crippen LogP contribution in [0.15, 0.2) is 24.3 Å². The van der Waals surface area contributed by atoms with Crippen molar-refractivity contribution < 1.29 is 22.3 Å². The number of halogens is 4. The predicted molar refractivity (Wildman–Crippen MR) is 64.3 cm³/mol. The van der Waals surface area contributed by atoms with E-state index in [9.17, 15) is 17.6 Å². The summed E-state index contributed by atoms with van der Waals surface area (Å²) in [5.74, 6) is -0.296. The lowest BCUT2D eigenvalue weighted by atomic mass is 10.1. The average Bonchev–Trinajstić information content (AvgIpc) is 2.32. The Balaban J connectivity index is 2.18. The molecule has 0 aromatic heterocycles. The van der Waals surface area contributed by atoms with Crippen molar-refractivity contribution in [3.05, 3.63) is 35.6 Å². The van der Waals surface area contributed by atoms with Gasteiger partial charge in [0.25, 0.3) is 0 Å². The monoisotopic (exact) mass is 279 g/mol. The van der Waals surface area contributed by atoms with E-state index in [1.165, 1.54) is 6.07 Å². The Bertz CT molecular complexity index is 381. The molecule has 0 fully saturated rings. The van der Waals surface area contributed by atoms with Gasteiger partial charge in [-0.2, -0.15) is 13.2 Å². The lowest BCUT2D eigenvalue weighted by molar-refractivity contribution is -0.173. The number of hydrogen-bond donors (Lipinski definition) is 1. The van der Waals surface area contributed by atoms with E-state index >= 15 is 0 Å². The first-order valence-electron chi connectivity index (χ1n) is 6.02. The third kappa shape index (κ3) is 6.54. The summed E-state index contributed by atoms with van der Waals surface area (Å²) in [7, 11) is 0. The van der Waals surface area contributed by atoms with Crippen LogP contribution in [-0.2, 0) is 4.74 Å². The summed E-state index contributed by atoms with van der Waals surface area (Å²) < 4.78 is 53.2. The molecule has 0 saturated heterocycles. The maximum atomic E-state index is 13.4. The summed E-state index contributed by atoms with van der Waals surface area (Å²) in [5.41, 5.74) is 0.540. The van der Waals surface area contributed by atoms with Crippen LogP contribution in [0.4, 0.5) is 17.6 Å². The number of nitrogens with one attached hydrogen (secondary N) is 1. The summed E-state index contributed by atoms with van der Waals surface area (Å²) >= 11 is 0. The molecule has 0 bridgehead atoms. The molecule has 0 aliphatic heterocycles. The van der Waals surface area contributed by atoms with E-state index in [1.807, 2.05) is 0 Å². The number of benzene rings is 1. The van der Waals surface area contributed by atoms with Gasteiger partial charge >= 0.3 is 6.18 Å². The second kappa shape index (κ2) is 7.45. The summed E-state index contributed by atoms with van der Waals surface area (Å²) in [6.07, 6.45) is -3.84. The van der Waals surface area contributed by atoms with Gasteiger partial charge in [0.1, 0.15) is 12.4 Å². The fourth-order valence-electron chi connectivity index (χ4n) is 1.62. The Morgan fingerprint density at radius 1 is 1.26 bits per heavy atom. The van der Waals surface area contributed by atoms with E-state index < -0.39 is 12.8 Å². The van der Waals surface area contributed by atoms with Crippen LogP contribution in [0.3, 0.4) is 0 Å². The van der Waals surface area contributed by atoms with Crippen molar-refractivity contribution in [2.75, 3.05) is 19.8 Å². The van der Waals surface area contributed by atoms with Gasteiger partial charge in [-0.15, -0.1) is 0 Å². The molecule has 1 rings (SSSR count). The highest BCUT2D eigenvalue weighted by Gasteiger charge is 2.27. The van der Waals surface area contributed by atoms with Crippen LogP contribution < -0.4 is 5.32 Å². The van der Waals surface area contributed by atoms with Crippen molar-refractivity contribution in [2.45, 2.75) is 25.6 Å². The molecule has 1 unspecified atom stereocenters. The lowest BCUT2D eigenvalue weighted by Gasteiger charge is -2.15. The quantitative estimate of drug-likeness (QED) is 0.610. The standard InChI is InChI=1S/C13H17F4NO/c1-10(11-5-2-3-6-12(11)14)18-7-4-8-19-9-13(15,16)17/h2-3,5-6,10,18H,4,7-9H2,1H3. The maximum absolute atomic E-state index is 13.4. The van der Waals surface area contributed by atoms with Gasteiger partial charge in [0.15, 0.2) is 0 Å². The minimum atomic E-state index is -4.28. The Morgan fingerprint density at radius 2 is 1.95 bits per heavy atom. The van der Waals surface area contributed by atoms with Gasteiger partial charge < -0.3 is 10.1 Å². The normalized spacial score (nSPS) is 13.5. The Labute approximate surface area is 109 Å². The highest BCUT2D eigenvalue weighted by atomic mass is 19.4. The van der Waals surface area contributed by atoms with E-state index in [-0.39, 0.29) is 18.5 Å². The first-order chi connectivity index (χ1) is 8.90. The fraction of sp³-hybridized carbons (Fsp3) is 0.538. The molecule has 0 saturated carbocycles. The maximum Gasteiger partial charge on any atom is 0.411 e. The van der Waals surface area contributed by atoms with Crippen LogP contribution in [-0.4, -0.2) is 25.9 Å². The van der Waals surface area contributed by atoms with E-state index in [1.54, 1.807) is 25.1 Å². The van der Waals surface area contributed by atoms with E-state index in [4.69, 9.17) is 0 Å². The van der Waals surface area contributed by atoms with Gasteiger partial charge in [-0.1, -0.05) is 18.2 Å². The number of ether oxygens (including phenoxy) is 1. The molecule has 6 heteroatoms. The van der Waals surface area contributed by atoms with Crippen molar-refractivity contribution in [3.63, 3.8) is 0 Å². The minimum Gasteiger partial charge on any atom is -0.372 e. The van der Waals surface area contributed by atoms with Gasteiger partial charge in [0.05, 0.1) is 0 Å². The Hall–Kier alpha value is -1.14. The topological polar surface area (TPSA) is 21.3 Å². The number of alkyl halides is 3. The minimum absolute atomic E-state index is 0.0243. The highest BCUT2D eigenvalue weighted by molar-refractivity contribution is 5.20. The van der Waals surface area contributed by atoms with Gasteiger partial charge in [-0.25, -0.2) is 4.39 Å². The highest BCUT2D eigenvalue weighted by Crippen LogP contribution is 2.16. The van der Waals surface area contributed by atoms with Crippen molar-refractivity contribution in [1.82, 2.24) is 5.32 Å². The number of hydrogen-bond acceptors (Lipinski definition) is 2. The second-order valence-electron chi connectivity index (χ2n) is 4.22. The fourth-order valence-corrected chi connectivity index (χ4v) is 1.62. The molecule has 0 aliphatic rings. The van der Waals surface area contributed by atoms with Crippen LogP contribution in [0.5, 0.6) is 0 Å². The van der Waals surface area contributed by atoms with Crippen LogP contribution in [0, 0.1) is 5.82 Å². The third-order valence-corrected chi connectivity index (χ3v) is 2.55. The molecule has 1 aromatic rings. The summed E-state index contributed by atoms with van der Waals surface area (Å²) in [4.78, 5) is 0. The predicted octanol–water partition coefficient (Wildman–Crippen LogP) is 3.45. The van der Waals surface area contributed by atoms with Gasteiger partial charge in [-0.05, 0) is 26.0 Å². The smallest absolute Gasteiger partial charge is 0.372 e. The largest absolute Gasteiger partial charge is 0.411 e. The van der Waals surface area contributed by atoms with Crippen LogP contribution in [0.25, 0.3) is 0 Å². The zero-order valence-corrected chi connectivity index (χ0v) is 10.6. The molecule has 19 heavy (non-hydrogen) atoms. The van der Waals surface area contributed by atoms with E-state index in [0.29, 0.717) is 18.5 Å². The van der Waals surface area contributed by atoms with Gasteiger partial charge in [0, 0.05) is 18.2 Å². The molecule has 0 radical (unpaired) electrons. The molecule has 0 heterocycles. The summed E-state index contributed by atoms with van der Waals surface area (Å²) in [6.45, 7) is 1.06.